The molecule has 1 aromatic heterocycles. The molecular formula is C24H21N3O3S. The Morgan fingerprint density at radius 2 is 1.74 bits per heavy atom. The normalized spacial score (nSPS) is 10.6. The maximum Gasteiger partial charge on any atom is 0.234 e. The van der Waals surface area contributed by atoms with Gasteiger partial charge in [-0.15, -0.1) is 10.2 Å². The van der Waals surface area contributed by atoms with Crippen LogP contribution in [0.15, 0.2) is 77.8 Å². The Bertz CT molecular complexity index is 1210. The van der Waals surface area contributed by atoms with Crippen LogP contribution in [-0.4, -0.2) is 36.1 Å². The van der Waals surface area contributed by atoms with Gasteiger partial charge in [0.2, 0.25) is 5.91 Å². The van der Waals surface area contributed by atoms with Gasteiger partial charge in [0.1, 0.15) is 16.5 Å². The molecule has 1 amide bonds. The Labute approximate surface area is 184 Å². The summed E-state index contributed by atoms with van der Waals surface area (Å²) in [6.07, 6.45) is 0. The third-order valence-corrected chi connectivity index (χ3v) is 5.64. The smallest absolute Gasteiger partial charge is 0.234 e. The molecule has 1 N–H and O–H groups in total. The topological polar surface area (TPSA) is 73.3 Å². The van der Waals surface area contributed by atoms with E-state index in [-0.39, 0.29) is 11.7 Å². The van der Waals surface area contributed by atoms with Crippen molar-refractivity contribution in [2.24, 2.45) is 0 Å². The first kappa shape index (κ1) is 20.7. The van der Waals surface area contributed by atoms with E-state index in [2.05, 4.69) is 39.8 Å². The molecule has 0 radical (unpaired) electrons. The maximum atomic E-state index is 12.4. The standard InChI is InChI=1S/C24H21N3O3S/c1-29-19-9-11-22(30-2)21(14-19)25-23(28)15-31-24-12-10-20(26-27-24)18-8-7-16-5-3-4-6-17(16)13-18/h3-14H,15H2,1-2H3,(H,25,28). The minimum Gasteiger partial charge on any atom is -0.497 e. The van der Waals surface area contributed by atoms with Crippen LogP contribution in [0.3, 0.4) is 0 Å². The van der Waals surface area contributed by atoms with E-state index in [4.69, 9.17) is 9.47 Å². The van der Waals surface area contributed by atoms with E-state index in [9.17, 15) is 4.79 Å². The van der Waals surface area contributed by atoms with Crippen molar-refractivity contribution in [2.75, 3.05) is 25.3 Å². The zero-order valence-corrected chi connectivity index (χ0v) is 18.0. The Balaban J connectivity index is 1.39. The van der Waals surface area contributed by atoms with Crippen molar-refractivity contribution in [3.63, 3.8) is 0 Å². The van der Waals surface area contributed by atoms with E-state index in [1.165, 1.54) is 17.1 Å². The number of ether oxygens (including phenoxy) is 2. The van der Waals surface area contributed by atoms with E-state index < -0.39 is 0 Å². The van der Waals surface area contributed by atoms with Crippen molar-refractivity contribution in [3.05, 3.63) is 72.8 Å². The predicted molar refractivity (Wildman–Crippen MR) is 124 cm³/mol. The molecule has 0 unspecified atom stereocenters. The highest BCUT2D eigenvalue weighted by molar-refractivity contribution is 7.99. The molecule has 0 aliphatic rings. The van der Waals surface area contributed by atoms with Crippen LogP contribution < -0.4 is 14.8 Å². The number of aromatic nitrogens is 2. The van der Waals surface area contributed by atoms with E-state index in [0.717, 1.165) is 16.6 Å². The molecule has 0 fully saturated rings. The van der Waals surface area contributed by atoms with Crippen molar-refractivity contribution in [1.29, 1.82) is 0 Å². The maximum absolute atomic E-state index is 12.4. The molecule has 1 heterocycles. The number of carbonyl (C=O) groups excluding carboxylic acids is 1. The monoisotopic (exact) mass is 431 g/mol. The van der Waals surface area contributed by atoms with Crippen LogP contribution in [0.4, 0.5) is 5.69 Å². The Kier molecular flexibility index (Phi) is 6.33. The molecule has 6 nitrogen and oxygen atoms in total. The van der Waals surface area contributed by atoms with Gasteiger partial charge in [0.25, 0.3) is 0 Å². The van der Waals surface area contributed by atoms with E-state index in [1.54, 1.807) is 32.4 Å². The first-order valence-corrected chi connectivity index (χ1v) is 10.6. The summed E-state index contributed by atoms with van der Waals surface area (Å²) in [5.41, 5.74) is 2.36. The van der Waals surface area contributed by atoms with E-state index in [1.807, 2.05) is 30.3 Å². The van der Waals surface area contributed by atoms with Crippen molar-refractivity contribution in [2.45, 2.75) is 5.03 Å². The lowest BCUT2D eigenvalue weighted by Gasteiger charge is -2.11. The number of anilines is 1. The highest BCUT2D eigenvalue weighted by atomic mass is 32.2. The number of methoxy groups -OCH3 is 2. The summed E-state index contributed by atoms with van der Waals surface area (Å²) < 4.78 is 10.5. The first-order chi connectivity index (χ1) is 15.2. The largest absolute Gasteiger partial charge is 0.497 e. The third kappa shape index (κ3) is 4.95. The molecule has 4 rings (SSSR count). The van der Waals surface area contributed by atoms with Gasteiger partial charge in [-0.1, -0.05) is 48.2 Å². The average molecular weight is 432 g/mol. The van der Waals surface area contributed by atoms with Gasteiger partial charge in [0, 0.05) is 11.6 Å². The van der Waals surface area contributed by atoms with Gasteiger partial charge in [-0.05, 0) is 41.1 Å². The minimum atomic E-state index is -0.169. The molecule has 0 atom stereocenters. The summed E-state index contributed by atoms with van der Waals surface area (Å²) in [5.74, 6) is 1.24. The van der Waals surface area contributed by atoms with Crippen LogP contribution in [0.25, 0.3) is 22.0 Å². The second-order valence-corrected chi connectivity index (χ2v) is 7.72. The predicted octanol–water partition coefficient (Wildman–Crippen LogP) is 5.04. The second-order valence-electron chi connectivity index (χ2n) is 6.72. The molecule has 0 aliphatic heterocycles. The number of hydrogen-bond acceptors (Lipinski definition) is 6. The van der Waals surface area contributed by atoms with Crippen molar-refractivity contribution < 1.29 is 14.3 Å². The third-order valence-electron chi connectivity index (χ3n) is 4.72. The van der Waals surface area contributed by atoms with Crippen LogP contribution in [0.2, 0.25) is 0 Å². The molecule has 7 heteroatoms. The van der Waals surface area contributed by atoms with Crippen LogP contribution in [0.1, 0.15) is 0 Å². The number of nitrogens with one attached hydrogen (secondary N) is 1. The quantitative estimate of drug-likeness (QED) is 0.413. The Morgan fingerprint density at radius 3 is 2.48 bits per heavy atom. The Hall–Kier alpha value is -3.58. The number of benzene rings is 3. The van der Waals surface area contributed by atoms with E-state index in [0.29, 0.717) is 22.2 Å². The SMILES string of the molecule is COc1ccc(OC)c(NC(=O)CSc2ccc(-c3ccc4ccccc4c3)nn2)c1. The molecule has 3 aromatic carbocycles. The summed E-state index contributed by atoms with van der Waals surface area (Å²) >= 11 is 1.32. The van der Waals surface area contributed by atoms with Crippen LogP contribution in [-0.2, 0) is 4.79 Å². The molecular weight excluding hydrogens is 410 g/mol. The number of rotatable bonds is 7. The first-order valence-electron chi connectivity index (χ1n) is 9.64. The number of nitrogens with zero attached hydrogens (tertiary/aromatic N) is 2. The van der Waals surface area contributed by atoms with E-state index >= 15 is 0 Å². The van der Waals surface area contributed by atoms with Gasteiger partial charge < -0.3 is 14.8 Å². The van der Waals surface area contributed by atoms with Gasteiger partial charge >= 0.3 is 0 Å². The summed E-state index contributed by atoms with van der Waals surface area (Å²) in [6.45, 7) is 0. The van der Waals surface area contributed by atoms with Crippen molar-refractivity contribution in [1.82, 2.24) is 10.2 Å². The Morgan fingerprint density at radius 1 is 0.903 bits per heavy atom. The number of fused-ring (bicyclic) bond motifs is 1. The average Bonchev–Trinajstić information content (AvgIpc) is 2.82. The lowest BCUT2D eigenvalue weighted by atomic mass is 10.1. The van der Waals surface area contributed by atoms with Crippen LogP contribution in [0, 0.1) is 0 Å². The molecule has 0 saturated carbocycles. The fraction of sp³-hybridized carbons (Fsp3) is 0.125. The van der Waals surface area contributed by atoms with Crippen LogP contribution >= 0.6 is 11.8 Å². The van der Waals surface area contributed by atoms with Crippen LogP contribution in [0.5, 0.6) is 11.5 Å². The number of hydrogen-bond donors (Lipinski definition) is 1. The number of thioether (sulfide) groups is 1. The molecule has 0 spiro atoms. The molecule has 0 saturated heterocycles. The lowest BCUT2D eigenvalue weighted by molar-refractivity contribution is -0.113. The van der Waals surface area contributed by atoms with Gasteiger partial charge in [0.05, 0.1) is 31.4 Å². The second kappa shape index (κ2) is 9.49. The summed E-state index contributed by atoms with van der Waals surface area (Å²) in [6, 6.07) is 23.4. The summed E-state index contributed by atoms with van der Waals surface area (Å²) in [7, 11) is 3.13. The molecule has 156 valence electrons. The van der Waals surface area contributed by atoms with Crippen molar-refractivity contribution in [3.8, 4) is 22.8 Å². The highest BCUT2D eigenvalue weighted by Crippen LogP contribution is 2.29. The zero-order chi connectivity index (χ0) is 21.6. The fourth-order valence-electron chi connectivity index (χ4n) is 3.14. The molecule has 31 heavy (non-hydrogen) atoms. The van der Waals surface area contributed by atoms with Gasteiger partial charge in [-0.2, -0.15) is 0 Å². The molecule has 0 bridgehead atoms. The fourth-order valence-corrected chi connectivity index (χ4v) is 3.75. The lowest BCUT2D eigenvalue weighted by Crippen LogP contribution is -2.15. The zero-order valence-electron chi connectivity index (χ0n) is 17.2. The summed E-state index contributed by atoms with van der Waals surface area (Å²) in [4.78, 5) is 12.4. The number of amides is 1. The van der Waals surface area contributed by atoms with Gasteiger partial charge in [-0.3, -0.25) is 4.79 Å². The highest BCUT2D eigenvalue weighted by Gasteiger charge is 2.11. The van der Waals surface area contributed by atoms with Gasteiger partial charge in [-0.25, -0.2) is 0 Å². The van der Waals surface area contributed by atoms with Gasteiger partial charge in [0.15, 0.2) is 0 Å². The molecule has 0 aliphatic carbocycles. The number of carbonyl (C=O) groups is 1. The summed E-state index contributed by atoms with van der Waals surface area (Å²) in [5, 5.41) is 14.5. The van der Waals surface area contributed by atoms with Crippen molar-refractivity contribution >= 4 is 34.1 Å². The molecule has 4 aromatic rings. The minimum absolute atomic E-state index is 0.169.